The molecule has 1 aromatic carbocycles. The van der Waals surface area contributed by atoms with Gasteiger partial charge in [-0.15, -0.1) is 0 Å². The molecule has 0 bridgehead atoms. The highest BCUT2D eigenvalue weighted by atomic mass is 16.5. The summed E-state index contributed by atoms with van der Waals surface area (Å²) in [6.07, 6.45) is 4.15. The van der Waals surface area contributed by atoms with Gasteiger partial charge in [0, 0.05) is 12.6 Å². The number of hydrogen-bond acceptors (Lipinski definition) is 3. The average Bonchev–Trinajstić information content (AvgIpc) is 2.75. The molecule has 0 unspecified atom stereocenters. The summed E-state index contributed by atoms with van der Waals surface area (Å²) in [4.78, 5) is 15.2. The second-order valence-electron chi connectivity index (χ2n) is 4.86. The summed E-state index contributed by atoms with van der Waals surface area (Å²) >= 11 is 0. The highest BCUT2D eigenvalue weighted by Crippen LogP contribution is 2.36. The predicted octanol–water partition coefficient (Wildman–Crippen LogP) is 2.47. The molecule has 0 saturated heterocycles. The number of nitrogens with zero attached hydrogens (tertiary/aromatic N) is 2. The molecule has 1 fully saturated rings. The molecule has 0 atom stereocenters. The van der Waals surface area contributed by atoms with Gasteiger partial charge in [0.1, 0.15) is 0 Å². The molecule has 19 heavy (non-hydrogen) atoms. The lowest BCUT2D eigenvalue weighted by molar-refractivity contribution is -0.0187. The van der Waals surface area contributed by atoms with Gasteiger partial charge in [-0.05, 0) is 38.0 Å². The smallest absolute Gasteiger partial charge is 0.335 e. The highest BCUT2D eigenvalue weighted by Gasteiger charge is 2.31. The van der Waals surface area contributed by atoms with Crippen LogP contribution in [0.25, 0.3) is 11.0 Å². The maximum absolute atomic E-state index is 10.9. The third-order valence-corrected chi connectivity index (χ3v) is 3.69. The third-order valence-electron chi connectivity index (χ3n) is 3.69. The normalized spacial score (nSPS) is 22.4. The van der Waals surface area contributed by atoms with Crippen LogP contribution in [0.15, 0.2) is 24.5 Å². The third kappa shape index (κ3) is 2.10. The number of carbonyl (C=O) groups is 1. The van der Waals surface area contributed by atoms with Crippen molar-refractivity contribution >= 4 is 17.0 Å². The zero-order valence-corrected chi connectivity index (χ0v) is 10.7. The summed E-state index contributed by atoms with van der Waals surface area (Å²) in [6, 6.07) is 5.49. The molecule has 1 saturated carbocycles. The standard InChI is InChI=1S/C14H16N2O3/c1-2-19-11-6-10(7-11)16-8-15-12-5-9(14(17)18)3-4-13(12)16/h3-5,8,10-11H,2,6-7H2,1H3,(H,17,18). The lowest BCUT2D eigenvalue weighted by Gasteiger charge is -2.36. The van der Waals surface area contributed by atoms with Gasteiger partial charge in [0.25, 0.3) is 0 Å². The van der Waals surface area contributed by atoms with E-state index in [1.807, 2.05) is 13.0 Å². The van der Waals surface area contributed by atoms with Gasteiger partial charge in [0.15, 0.2) is 0 Å². The van der Waals surface area contributed by atoms with Crippen molar-refractivity contribution in [1.29, 1.82) is 0 Å². The fourth-order valence-corrected chi connectivity index (χ4v) is 2.59. The minimum atomic E-state index is -0.920. The molecular formula is C14H16N2O3. The van der Waals surface area contributed by atoms with Crippen molar-refractivity contribution in [3.63, 3.8) is 0 Å². The maximum atomic E-state index is 10.9. The van der Waals surface area contributed by atoms with E-state index in [1.165, 1.54) is 0 Å². The number of rotatable bonds is 4. The van der Waals surface area contributed by atoms with Crippen molar-refractivity contribution in [2.45, 2.75) is 31.9 Å². The number of imidazole rings is 1. The minimum absolute atomic E-state index is 0.276. The van der Waals surface area contributed by atoms with Crippen molar-refractivity contribution in [2.75, 3.05) is 6.61 Å². The van der Waals surface area contributed by atoms with Gasteiger partial charge in [0.2, 0.25) is 0 Å². The second-order valence-corrected chi connectivity index (χ2v) is 4.86. The van der Waals surface area contributed by atoms with Gasteiger partial charge in [-0.25, -0.2) is 9.78 Å². The van der Waals surface area contributed by atoms with E-state index in [1.54, 1.807) is 18.5 Å². The van der Waals surface area contributed by atoms with E-state index in [4.69, 9.17) is 9.84 Å². The van der Waals surface area contributed by atoms with Crippen molar-refractivity contribution < 1.29 is 14.6 Å². The Labute approximate surface area is 110 Å². The van der Waals surface area contributed by atoms with Crippen LogP contribution in [0.4, 0.5) is 0 Å². The number of aromatic carboxylic acids is 1. The zero-order valence-electron chi connectivity index (χ0n) is 10.7. The van der Waals surface area contributed by atoms with Crippen molar-refractivity contribution in [1.82, 2.24) is 9.55 Å². The molecular weight excluding hydrogens is 244 g/mol. The number of fused-ring (bicyclic) bond motifs is 1. The van der Waals surface area contributed by atoms with E-state index in [-0.39, 0.29) is 5.56 Å². The molecule has 0 spiro atoms. The van der Waals surface area contributed by atoms with Crippen LogP contribution in [0, 0.1) is 0 Å². The van der Waals surface area contributed by atoms with Gasteiger partial charge in [0.05, 0.1) is 29.0 Å². The SMILES string of the molecule is CCOC1CC(n2cnc3cc(C(=O)O)ccc32)C1. The van der Waals surface area contributed by atoms with Crippen molar-refractivity contribution in [3.05, 3.63) is 30.1 Å². The number of ether oxygens (including phenoxy) is 1. The quantitative estimate of drug-likeness (QED) is 0.917. The van der Waals surface area contributed by atoms with E-state index in [9.17, 15) is 4.79 Å². The van der Waals surface area contributed by atoms with Gasteiger partial charge in [-0.1, -0.05) is 0 Å². The lowest BCUT2D eigenvalue weighted by atomic mass is 9.89. The van der Waals surface area contributed by atoms with Crippen LogP contribution in [0.5, 0.6) is 0 Å². The van der Waals surface area contributed by atoms with E-state index in [2.05, 4.69) is 9.55 Å². The van der Waals surface area contributed by atoms with Crippen LogP contribution in [-0.4, -0.2) is 33.3 Å². The van der Waals surface area contributed by atoms with E-state index in [0.29, 0.717) is 12.1 Å². The molecule has 100 valence electrons. The number of carboxylic acids is 1. The molecule has 5 nitrogen and oxygen atoms in total. The molecule has 1 aliphatic rings. The Hall–Kier alpha value is -1.88. The Balaban J connectivity index is 1.84. The van der Waals surface area contributed by atoms with Crippen LogP contribution in [-0.2, 0) is 4.74 Å². The van der Waals surface area contributed by atoms with Crippen LogP contribution >= 0.6 is 0 Å². The average molecular weight is 260 g/mol. The van der Waals surface area contributed by atoms with Gasteiger partial charge in [-0.3, -0.25) is 0 Å². The summed E-state index contributed by atoms with van der Waals surface area (Å²) in [5.74, 6) is -0.920. The first kappa shape index (κ1) is 12.2. The number of aromatic nitrogens is 2. The molecule has 1 heterocycles. The summed E-state index contributed by atoms with van der Waals surface area (Å²) in [7, 11) is 0. The molecule has 0 aliphatic heterocycles. The van der Waals surface area contributed by atoms with E-state index >= 15 is 0 Å². The van der Waals surface area contributed by atoms with Gasteiger partial charge < -0.3 is 14.4 Å². The summed E-state index contributed by atoms with van der Waals surface area (Å²) < 4.78 is 7.68. The summed E-state index contributed by atoms with van der Waals surface area (Å²) in [5.41, 5.74) is 2.00. The Morgan fingerprint density at radius 1 is 1.53 bits per heavy atom. The van der Waals surface area contributed by atoms with Gasteiger partial charge in [-0.2, -0.15) is 0 Å². The fraction of sp³-hybridized carbons (Fsp3) is 0.429. The predicted molar refractivity (Wildman–Crippen MR) is 70.4 cm³/mol. The van der Waals surface area contributed by atoms with Crippen LogP contribution in [0.1, 0.15) is 36.2 Å². The fourth-order valence-electron chi connectivity index (χ4n) is 2.59. The monoisotopic (exact) mass is 260 g/mol. The molecule has 0 amide bonds. The largest absolute Gasteiger partial charge is 0.478 e. The van der Waals surface area contributed by atoms with Crippen molar-refractivity contribution in [3.8, 4) is 0 Å². The van der Waals surface area contributed by atoms with Crippen molar-refractivity contribution in [2.24, 2.45) is 0 Å². The topological polar surface area (TPSA) is 64.4 Å². The highest BCUT2D eigenvalue weighted by molar-refractivity contribution is 5.92. The molecule has 1 N–H and O–H groups in total. The Kier molecular flexibility index (Phi) is 2.98. The Morgan fingerprint density at radius 3 is 3.00 bits per heavy atom. The van der Waals surface area contributed by atoms with E-state index in [0.717, 1.165) is 30.5 Å². The molecule has 1 aliphatic carbocycles. The summed E-state index contributed by atoms with van der Waals surface area (Å²) in [5, 5.41) is 8.96. The summed E-state index contributed by atoms with van der Waals surface area (Å²) in [6.45, 7) is 2.76. The lowest BCUT2D eigenvalue weighted by Crippen LogP contribution is -2.33. The van der Waals surface area contributed by atoms with Crippen LogP contribution < -0.4 is 0 Å². The van der Waals surface area contributed by atoms with Crippen LogP contribution in [0.2, 0.25) is 0 Å². The molecule has 0 radical (unpaired) electrons. The van der Waals surface area contributed by atoms with Gasteiger partial charge >= 0.3 is 5.97 Å². The second kappa shape index (κ2) is 4.66. The Bertz CT molecular complexity index is 614. The Morgan fingerprint density at radius 2 is 2.32 bits per heavy atom. The van der Waals surface area contributed by atoms with E-state index < -0.39 is 5.97 Å². The molecule has 1 aromatic heterocycles. The number of benzene rings is 1. The number of hydrogen-bond donors (Lipinski definition) is 1. The molecule has 3 rings (SSSR count). The first-order valence-electron chi connectivity index (χ1n) is 6.50. The number of carboxylic acid groups (broad SMARTS) is 1. The van der Waals surface area contributed by atoms with Crippen LogP contribution in [0.3, 0.4) is 0 Å². The zero-order chi connectivity index (χ0) is 13.4. The first-order chi connectivity index (χ1) is 9.19. The molecule has 5 heteroatoms. The minimum Gasteiger partial charge on any atom is -0.478 e. The first-order valence-corrected chi connectivity index (χ1v) is 6.50. The molecule has 2 aromatic rings. The maximum Gasteiger partial charge on any atom is 0.335 e.